The van der Waals surface area contributed by atoms with Crippen molar-refractivity contribution in [1.82, 2.24) is 14.5 Å². The van der Waals surface area contributed by atoms with Crippen LogP contribution in [0.1, 0.15) is 17.3 Å². The number of carbonyl (C=O) groups excluding carboxylic acids is 2. The molecule has 0 spiro atoms. The van der Waals surface area contributed by atoms with Gasteiger partial charge in [-0.05, 0) is 19.1 Å². The minimum atomic E-state index is -3.12. The van der Waals surface area contributed by atoms with Crippen LogP contribution in [0.15, 0.2) is 24.3 Å². The number of sulfonamides is 1. The molecule has 0 aromatic heterocycles. The van der Waals surface area contributed by atoms with Crippen LogP contribution in [0, 0.1) is 0 Å². The molecule has 1 aromatic carbocycles. The summed E-state index contributed by atoms with van der Waals surface area (Å²) in [7, 11) is -3.12. The Morgan fingerprint density at radius 3 is 2.44 bits per heavy atom. The Morgan fingerprint density at radius 1 is 1.16 bits per heavy atom. The number of nitrogens with one attached hydrogen (secondary N) is 2. The Bertz CT molecular complexity index is 727. The third-order valence-electron chi connectivity index (χ3n) is 4.04. The van der Waals surface area contributed by atoms with E-state index in [4.69, 9.17) is 0 Å². The van der Waals surface area contributed by atoms with E-state index in [1.807, 2.05) is 0 Å². The van der Waals surface area contributed by atoms with Crippen molar-refractivity contribution in [1.29, 1.82) is 0 Å². The smallest absolute Gasteiger partial charge is 0.319 e. The topological polar surface area (TPSA) is 98.8 Å². The summed E-state index contributed by atoms with van der Waals surface area (Å²) in [6, 6.07) is 6.42. The zero-order valence-corrected chi connectivity index (χ0v) is 15.3. The summed E-state index contributed by atoms with van der Waals surface area (Å²) in [5, 5.41) is 5.45. The van der Waals surface area contributed by atoms with E-state index in [1.165, 1.54) is 17.5 Å². The maximum atomic E-state index is 11.9. The lowest BCUT2D eigenvalue weighted by Gasteiger charge is -2.33. The Morgan fingerprint density at radius 2 is 1.84 bits per heavy atom. The number of hydrogen-bond acceptors (Lipinski definition) is 5. The molecule has 2 rings (SSSR count). The molecule has 1 saturated heterocycles. The molecule has 2 N–H and O–H groups in total. The van der Waals surface area contributed by atoms with Crippen LogP contribution in [0.4, 0.5) is 10.5 Å². The van der Waals surface area contributed by atoms with Crippen LogP contribution in [0.5, 0.6) is 0 Å². The highest BCUT2D eigenvalue weighted by atomic mass is 32.2. The van der Waals surface area contributed by atoms with Gasteiger partial charge in [-0.25, -0.2) is 13.2 Å². The summed E-state index contributed by atoms with van der Waals surface area (Å²) in [5.74, 6) is -0.0581. The highest BCUT2D eigenvalue weighted by Gasteiger charge is 2.22. The van der Waals surface area contributed by atoms with Gasteiger partial charge in [-0.15, -0.1) is 0 Å². The molecular formula is C16H24N4O4S. The Balaban J connectivity index is 1.71. The predicted molar refractivity (Wildman–Crippen MR) is 96.3 cm³/mol. The largest absolute Gasteiger partial charge is 0.337 e. The molecule has 1 aliphatic rings. The van der Waals surface area contributed by atoms with Crippen molar-refractivity contribution < 1.29 is 18.0 Å². The molecule has 25 heavy (non-hydrogen) atoms. The number of anilines is 1. The van der Waals surface area contributed by atoms with Crippen LogP contribution < -0.4 is 10.6 Å². The van der Waals surface area contributed by atoms with Crippen LogP contribution in [0.25, 0.3) is 0 Å². The molecule has 138 valence electrons. The number of amides is 2. The fourth-order valence-corrected chi connectivity index (χ4v) is 3.43. The molecule has 0 unspecified atom stereocenters. The van der Waals surface area contributed by atoms with Gasteiger partial charge < -0.3 is 10.6 Å². The predicted octanol–water partition coefficient (Wildman–Crippen LogP) is 0.588. The Hall–Kier alpha value is -1.97. The molecule has 8 nitrogen and oxygen atoms in total. The van der Waals surface area contributed by atoms with Gasteiger partial charge >= 0.3 is 6.03 Å². The van der Waals surface area contributed by atoms with Crippen LogP contribution in [-0.2, 0) is 10.0 Å². The number of benzene rings is 1. The monoisotopic (exact) mass is 368 g/mol. The Kier molecular flexibility index (Phi) is 6.51. The molecule has 0 aliphatic carbocycles. The fourth-order valence-electron chi connectivity index (χ4n) is 2.60. The lowest BCUT2D eigenvalue weighted by atomic mass is 10.1. The van der Waals surface area contributed by atoms with E-state index < -0.39 is 10.0 Å². The average Bonchev–Trinajstić information content (AvgIpc) is 2.54. The van der Waals surface area contributed by atoms with Gasteiger partial charge in [0.15, 0.2) is 5.78 Å². The van der Waals surface area contributed by atoms with Crippen LogP contribution in [0.2, 0.25) is 0 Å². The number of ketones is 1. The third-order valence-corrected chi connectivity index (χ3v) is 5.34. The van der Waals surface area contributed by atoms with Crippen LogP contribution >= 0.6 is 0 Å². The first-order chi connectivity index (χ1) is 11.8. The van der Waals surface area contributed by atoms with Crippen molar-refractivity contribution in [2.75, 3.05) is 50.8 Å². The number of rotatable bonds is 6. The molecule has 1 fully saturated rings. The van der Waals surface area contributed by atoms with Gasteiger partial charge in [-0.3, -0.25) is 9.69 Å². The highest BCUT2D eigenvalue weighted by Crippen LogP contribution is 2.11. The maximum absolute atomic E-state index is 11.9. The number of Topliss-reactive ketones (excluding diaryl/α,β-unsaturated/α-hetero) is 1. The van der Waals surface area contributed by atoms with Gasteiger partial charge in [0.2, 0.25) is 10.0 Å². The second-order valence-corrected chi connectivity index (χ2v) is 8.00. The zero-order chi connectivity index (χ0) is 18.4. The minimum absolute atomic E-state index is 0.0581. The van der Waals surface area contributed by atoms with E-state index in [1.54, 1.807) is 24.3 Å². The van der Waals surface area contributed by atoms with E-state index in [9.17, 15) is 18.0 Å². The van der Waals surface area contributed by atoms with E-state index >= 15 is 0 Å². The van der Waals surface area contributed by atoms with Gasteiger partial charge in [0.25, 0.3) is 0 Å². The molecule has 0 atom stereocenters. The maximum Gasteiger partial charge on any atom is 0.319 e. The highest BCUT2D eigenvalue weighted by molar-refractivity contribution is 7.88. The van der Waals surface area contributed by atoms with Crippen LogP contribution in [-0.4, -0.2) is 75.0 Å². The standard InChI is InChI=1S/C16H24N4O4S/c1-13(21)14-4-3-5-15(12-14)18-16(22)17-6-7-19-8-10-20(11-9-19)25(2,23)24/h3-5,12H,6-11H2,1-2H3,(H2,17,18,22). The summed E-state index contributed by atoms with van der Waals surface area (Å²) >= 11 is 0. The first-order valence-electron chi connectivity index (χ1n) is 8.09. The van der Waals surface area contributed by atoms with Crippen molar-refractivity contribution in [3.8, 4) is 0 Å². The fraction of sp³-hybridized carbons (Fsp3) is 0.500. The number of hydrogen-bond donors (Lipinski definition) is 2. The molecule has 1 heterocycles. The van der Waals surface area contributed by atoms with Crippen molar-refractivity contribution in [3.63, 3.8) is 0 Å². The van der Waals surface area contributed by atoms with Crippen LogP contribution in [0.3, 0.4) is 0 Å². The van der Waals surface area contributed by atoms with Gasteiger partial charge in [0.05, 0.1) is 6.26 Å². The average molecular weight is 368 g/mol. The van der Waals surface area contributed by atoms with Crippen molar-refractivity contribution in [2.24, 2.45) is 0 Å². The first kappa shape index (κ1) is 19.4. The summed E-state index contributed by atoms with van der Waals surface area (Å²) in [4.78, 5) is 25.4. The van der Waals surface area contributed by atoms with Crippen molar-refractivity contribution in [2.45, 2.75) is 6.92 Å². The minimum Gasteiger partial charge on any atom is -0.337 e. The quantitative estimate of drug-likeness (QED) is 0.716. The number of urea groups is 1. The molecule has 9 heteroatoms. The van der Waals surface area contributed by atoms with E-state index in [2.05, 4.69) is 15.5 Å². The van der Waals surface area contributed by atoms with Gasteiger partial charge in [0, 0.05) is 50.5 Å². The molecule has 0 radical (unpaired) electrons. The normalized spacial score (nSPS) is 16.4. The Labute approximate surface area is 148 Å². The summed E-state index contributed by atoms with van der Waals surface area (Å²) < 4.78 is 24.4. The summed E-state index contributed by atoms with van der Waals surface area (Å²) in [5.41, 5.74) is 1.11. The van der Waals surface area contributed by atoms with E-state index in [0.717, 1.165) is 0 Å². The lowest BCUT2D eigenvalue weighted by molar-refractivity contribution is 0.101. The molecule has 2 amide bonds. The molecule has 0 bridgehead atoms. The number of carbonyl (C=O) groups is 2. The summed E-state index contributed by atoms with van der Waals surface area (Å²) in [6.45, 7) is 4.83. The van der Waals surface area contributed by atoms with E-state index in [-0.39, 0.29) is 11.8 Å². The molecule has 1 aliphatic heterocycles. The lowest BCUT2D eigenvalue weighted by Crippen LogP contribution is -2.50. The number of nitrogens with zero attached hydrogens (tertiary/aromatic N) is 2. The second kappa shape index (κ2) is 8.41. The van der Waals surface area contributed by atoms with E-state index in [0.29, 0.717) is 50.5 Å². The zero-order valence-electron chi connectivity index (χ0n) is 14.5. The molecule has 0 saturated carbocycles. The third kappa shape index (κ3) is 6.11. The van der Waals surface area contributed by atoms with Crippen molar-refractivity contribution >= 4 is 27.5 Å². The number of piperazine rings is 1. The second-order valence-electron chi connectivity index (χ2n) is 6.02. The first-order valence-corrected chi connectivity index (χ1v) is 9.94. The molecule has 1 aromatic rings. The van der Waals surface area contributed by atoms with Gasteiger partial charge in [-0.2, -0.15) is 4.31 Å². The van der Waals surface area contributed by atoms with Crippen molar-refractivity contribution in [3.05, 3.63) is 29.8 Å². The van der Waals surface area contributed by atoms with Gasteiger partial charge in [-0.1, -0.05) is 12.1 Å². The van der Waals surface area contributed by atoms with Gasteiger partial charge in [0.1, 0.15) is 0 Å². The SMILES string of the molecule is CC(=O)c1cccc(NC(=O)NCCN2CCN(S(C)(=O)=O)CC2)c1. The summed E-state index contributed by atoms with van der Waals surface area (Å²) in [6.07, 6.45) is 1.22. The molecular weight excluding hydrogens is 344 g/mol.